The average Bonchev–Trinajstić information content (AvgIpc) is 3.06. The number of rotatable bonds is 4. The zero-order valence-electron chi connectivity index (χ0n) is 11.9. The summed E-state index contributed by atoms with van der Waals surface area (Å²) in [4.78, 5) is 22.0. The van der Waals surface area contributed by atoms with Gasteiger partial charge in [-0.1, -0.05) is 0 Å². The first-order valence-electron chi connectivity index (χ1n) is 6.96. The smallest absolute Gasteiger partial charge is 0.251 e. The molecule has 0 radical (unpaired) electrons. The normalized spacial score (nSPS) is 19.0. The summed E-state index contributed by atoms with van der Waals surface area (Å²) in [5, 5.41) is 4.24. The van der Waals surface area contributed by atoms with E-state index in [2.05, 4.69) is 20.0 Å². The topological polar surface area (TPSA) is 89.9 Å². The molecule has 2 aromatic rings. The van der Waals surface area contributed by atoms with Gasteiger partial charge in [-0.2, -0.15) is 5.10 Å². The maximum Gasteiger partial charge on any atom is 0.251 e. The van der Waals surface area contributed by atoms with Crippen molar-refractivity contribution in [2.24, 2.45) is 5.73 Å². The first kappa shape index (κ1) is 13.7. The fourth-order valence-electron chi connectivity index (χ4n) is 2.66. The Labute approximate surface area is 122 Å². The Morgan fingerprint density at radius 2 is 2.38 bits per heavy atom. The van der Waals surface area contributed by atoms with Gasteiger partial charge in [-0.15, -0.1) is 0 Å². The van der Waals surface area contributed by atoms with E-state index in [1.807, 2.05) is 17.7 Å². The lowest BCUT2D eigenvalue weighted by molar-refractivity contribution is 0.1000. The minimum absolute atomic E-state index is 0.279. The van der Waals surface area contributed by atoms with Crippen LogP contribution in [-0.2, 0) is 6.54 Å². The third kappa shape index (κ3) is 3.08. The maximum atomic E-state index is 11.1. The molecular weight excluding hydrogens is 268 g/mol. The van der Waals surface area contributed by atoms with E-state index in [9.17, 15) is 4.79 Å². The van der Waals surface area contributed by atoms with E-state index in [0.717, 1.165) is 37.6 Å². The van der Waals surface area contributed by atoms with Gasteiger partial charge in [-0.3, -0.25) is 14.4 Å². The van der Waals surface area contributed by atoms with Crippen molar-refractivity contribution in [3.8, 4) is 0 Å². The molecule has 3 rings (SSSR count). The van der Waals surface area contributed by atoms with Crippen LogP contribution >= 0.6 is 0 Å². The number of hydrogen-bond acceptors (Lipinski definition) is 5. The Balaban J connectivity index is 1.63. The average molecular weight is 286 g/mol. The number of primary amides is 1. The molecule has 1 atom stereocenters. The van der Waals surface area contributed by atoms with Crippen molar-refractivity contribution in [1.82, 2.24) is 24.6 Å². The number of likely N-dealkylation sites (tertiary alicyclic amines) is 1. The van der Waals surface area contributed by atoms with Gasteiger partial charge in [0.1, 0.15) is 5.82 Å². The number of amides is 1. The van der Waals surface area contributed by atoms with Crippen LogP contribution in [-0.4, -0.2) is 43.6 Å². The van der Waals surface area contributed by atoms with Gasteiger partial charge in [0.25, 0.3) is 5.91 Å². The largest absolute Gasteiger partial charge is 0.366 e. The van der Waals surface area contributed by atoms with Crippen LogP contribution in [0.2, 0.25) is 0 Å². The maximum absolute atomic E-state index is 11.1. The van der Waals surface area contributed by atoms with E-state index in [0.29, 0.717) is 5.56 Å². The summed E-state index contributed by atoms with van der Waals surface area (Å²) >= 11 is 0. The van der Waals surface area contributed by atoms with Gasteiger partial charge in [0, 0.05) is 32.0 Å². The number of nitrogens with zero attached hydrogens (tertiary/aromatic N) is 5. The monoisotopic (exact) mass is 286 g/mol. The molecule has 2 aromatic heterocycles. The van der Waals surface area contributed by atoms with Gasteiger partial charge in [0.15, 0.2) is 0 Å². The Bertz CT molecular complexity index is 652. The van der Waals surface area contributed by atoms with Crippen molar-refractivity contribution in [3.63, 3.8) is 0 Å². The van der Waals surface area contributed by atoms with Crippen LogP contribution in [0.5, 0.6) is 0 Å². The number of carbonyl (C=O) groups is 1. The number of aryl methyl sites for hydroxylation is 1. The fraction of sp³-hybridized carbons (Fsp3) is 0.429. The zero-order chi connectivity index (χ0) is 14.8. The molecule has 0 aliphatic carbocycles. The highest BCUT2D eigenvalue weighted by molar-refractivity contribution is 5.92. The molecule has 0 aromatic carbocycles. The minimum Gasteiger partial charge on any atom is -0.366 e. The van der Waals surface area contributed by atoms with Crippen LogP contribution in [0.25, 0.3) is 0 Å². The van der Waals surface area contributed by atoms with E-state index in [1.54, 1.807) is 12.4 Å². The van der Waals surface area contributed by atoms with E-state index in [1.165, 1.54) is 6.20 Å². The molecule has 1 fully saturated rings. The molecule has 2 N–H and O–H groups in total. The Morgan fingerprint density at radius 1 is 1.52 bits per heavy atom. The van der Waals surface area contributed by atoms with Crippen molar-refractivity contribution in [1.29, 1.82) is 0 Å². The highest BCUT2D eigenvalue weighted by atomic mass is 16.1. The van der Waals surface area contributed by atoms with Gasteiger partial charge in [0.05, 0.1) is 23.5 Å². The second kappa shape index (κ2) is 5.61. The standard InChI is InChI=1S/C14H18N6O/c1-10-16-4-2-12(18-10)8-19-5-3-13(9-19)20-7-11(6-17-20)14(15)21/h2,4,6-7,13H,3,5,8-9H2,1H3,(H2,15,21). The first-order valence-corrected chi connectivity index (χ1v) is 6.96. The van der Waals surface area contributed by atoms with E-state index < -0.39 is 5.91 Å². The lowest BCUT2D eigenvalue weighted by Crippen LogP contribution is -2.22. The molecule has 7 heteroatoms. The highest BCUT2D eigenvalue weighted by Gasteiger charge is 2.25. The van der Waals surface area contributed by atoms with Crippen LogP contribution < -0.4 is 5.73 Å². The lowest BCUT2D eigenvalue weighted by atomic mass is 10.2. The molecule has 1 amide bonds. The molecule has 1 unspecified atom stereocenters. The van der Waals surface area contributed by atoms with Crippen molar-refractivity contribution < 1.29 is 4.79 Å². The van der Waals surface area contributed by atoms with Crippen molar-refractivity contribution in [3.05, 3.63) is 41.7 Å². The van der Waals surface area contributed by atoms with Crippen LogP contribution in [0.4, 0.5) is 0 Å². The summed E-state index contributed by atoms with van der Waals surface area (Å²) in [6.07, 6.45) is 6.05. The molecule has 3 heterocycles. The van der Waals surface area contributed by atoms with Crippen molar-refractivity contribution in [2.75, 3.05) is 13.1 Å². The molecule has 1 saturated heterocycles. The first-order chi connectivity index (χ1) is 10.1. The summed E-state index contributed by atoms with van der Waals surface area (Å²) < 4.78 is 1.84. The summed E-state index contributed by atoms with van der Waals surface area (Å²) in [5.74, 6) is 0.356. The summed E-state index contributed by atoms with van der Waals surface area (Å²) in [7, 11) is 0. The summed E-state index contributed by atoms with van der Waals surface area (Å²) in [5.41, 5.74) is 6.74. The van der Waals surface area contributed by atoms with Crippen LogP contribution in [0.15, 0.2) is 24.7 Å². The zero-order valence-corrected chi connectivity index (χ0v) is 11.9. The number of aromatic nitrogens is 4. The molecule has 0 spiro atoms. The molecule has 110 valence electrons. The Hall–Kier alpha value is -2.28. The SMILES string of the molecule is Cc1nccc(CN2CCC(n3cc(C(N)=O)cn3)C2)n1. The number of hydrogen-bond donors (Lipinski definition) is 1. The molecule has 0 bridgehead atoms. The van der Waals surface area contributed by atoms with Gasteiger partial charge in [0.2, 0.25) is 0 Å². The molecule has 1 aliphatic rings. The second-order valence-corrected chi connectivity index (χ2v) is 5.35. The van der Waals surface area contributed by atoms with Crippen LogP contribution in [0.3, 0.4) is 0 Å². The summed E-state index contributed by atoms with van der Waals surface area (Å²) in [6, 6.07) is 2.22. The predicted molar refractivity (Wildman–Crippen MR) is 76.4 cm³/mol. The van der Waals surface area contributed by atoms with E-state index in [4.69, 9.17) is 5.73 Å². The highest BCUT2D eigenvalue weighted by Crippen LogP contribution is 2.22. The van der Waals surface area contributed by atoms with Gasteiger partial charge in [-0.25, -0.2) is 9.97 Å². The number of carbonyl (C=O) groups excluding carboxylic acids is 1. The molecule has 21 heavy (non-hydrogen) atoms. The van der Waals surface area contributed by atoms with E-state index >= 15 is 0 Å². The third-order valence-corrected chi connectivity index (χ3v) is 3.73. The van der Waals surface area contributed by atoms with Crippen molar-refractivity contribution in [2.45, 2.75) is 25.9 Å². The van der Waals surface area contributed by atoms with Gasteiger partial charge >= 0.3 is 0 Å². The van der Waals surface area contributed by atoms with Crippen molar-refractivity contribution >= 4 is 5.91 Å². The molecule has 1 aliphatic heterocycles. The third-order valence-electron chi connectivity index (χ3n) is 3.73. The van der Waals surface area contributed by atoms with Crippen LogP contribution in [0.1, 0.15) is 34.3 Å². The van der Waals surface area contributed by atoms with Crippen LogP contribution in [0, 0.1) is 6.92 Å². The Morgan fingerprint density at radius 3 is 3.10 bits per heavy atom. The molecular formula is C14H18N6O. The summed E-state index contributed by atoms with van der Waals surface area (Å²) in [6.45, 7) is 4.58. The molecule has 0 saturated carbocycles. The molecule has 7 nitrogen and oxygen atoms in total. The fourth-order valence-corrected chi connectivity index (χ4v) is 2.66. The lowest BCUT2D eigenvalue weighted by Gasteiger charge is -2.15. The Kier molecular flexibility index (Phi) is 3.66. The van der Waals surface area contributed by atoms with E-state index in [-0.39, 0.29) is 6.04 Å². The minimum atomic E-state index is -0.437. The second-order valence-electron chi connectivity index (χ2n) is 5.35. The van der Waals surface area contributed by atoms with Gasteiger partial charge in [-0.05, 0) is 19.4 Å². The van der Waals surface area contributed by atoms with Gasteiger partial charge < -0.3 is 5.73 Å². The quantitative estimate of drug-likeness (QED) is 0.885. The predicted octanol–water partition coefficient (Wildman–Crippen LogP) is 0.527. The number of nitrogens with two attached hydrogens (primary N) is 1.